The van der Waals surface area contributed by atoms with Gasteiger partial charge < -0.3 is 4.90 Å². The number of nitrogens with zero attached hydrogens (tertiary/aromatic N) is 3. The molecule has 4 aromatic rings. The summed E-state index contributed by atoms with van der Waals surface area (Å²) >= 11 is 3.31. The molecule has 0 radical (unpaired) electrons. The van der Waals surface area contributed by atoms with Gasteiger partial charge in [-0.2, -0.15) is 0 Å². The SMILES string of the molecule is Cc1sc2nc(-c3ccccc3)n(C3CCN(C)CC3)c(=O)c2c1-c1cccs1. The standard InChI is InChI=1S/C23H23N3OS2/c1-15-19(18-9-6-14-28-18)20-22(29-15)24-21(16-7-4-3-5-8-16)26(23(20)27)17-10-12-25(2)13-11-17/h3-9,14,17H,10-13H2,1-2H3. The van der Waals surface area contributed by atoms with Gasteiger partial charge in [0.2, 0.25) is 0 Å². The first-order valence-corrected chi connectivity index (χ1v) is 11.7. The molecule has 0 amide bonds. The highest BCUT2D eigenvalue weighted by atomic mass is 32.1. The largest absolute Gasteiger partial charge is 0.306 e. The zero-order valence-electron chi connectivity index (χ0n) is 16.6. The van der Waals surface area contributed by atoms with Crippen molar-refractivity contribution < 1.29 is 0 Å². The molecule has 1 saturated heterocycles. The summed E-state index contributed by atoms with van der Waals surface area (Å²) in [5, 5.41) is 2.85. The predicted octanol–water partition coefficient (Wildman–Crippen LogP) is 5.43. The molecule has 5 rings (SSSR count). The maximum atomic E-state index is 14.0. The number of rotatable bonds is 3. The lowest BCUT2D eigenvalue weighted by Crippen LogP contribution is -2.36. The first-order valence-electron chi connectivity index (χ1n) is 9.97. The molecule has 0 atom stereocenters. The third-order valence-electron chi connectivity index (χ3n) is 5.79. The molecule has 3 aromatic heterocycles. The van der Waals surface area contributed by atoms with Crippen molar-refractivity contribution in [3.05, 3.63) is 63.1 Å². The van der Waals surface area contributed by atoms with E-state index in [9.17, 15) is 4.79 Å². The van der Waals surface area contributed by atoms with Crippen LogP contribution in [0.4, 0.5) is 0 Å². The minimum Gasteiger partial charge on any atom is -0.306 e. The Hall–Kier alpha value is -2.28. The van der Waals surface area contributed by atoms with Crippen LogP contribution in [0.5, 0.6) is 0 Å². The van der Waals surface area contributed by atoms with Gasteiger partial charge in [-0.1, -0.05) is 36.4 Å². The van der Waals surface area contributed by atoms with Crippen LogP contribution in [-0.2, 0) is 0 Å². The minimum absolute atomic E-state index is 0.108. The molecule has 0 unspecified atom stereocenters. The normalized spacial score (nSPS) is 15.9. The number of aromatic nitrogens is 2. The quantitative estimate of drug-likeness (QED) is 0.443. The van der Waals surface area contributed by atoms with Crippen LogP contribution < -0.4 is 5.56 Å². The molecule has 0 spiro atoms. The van der Waals surface area contributed by atoms with Gasteiger partial charge in [0.15, 0.2) is 0 Å². The molecule has 29 heavy (non-hydrogen) atoms. The Kier molecular flexibility index (Phi) is 4.86. The molecule has 6 heteroatoms. The Morgan fingerprint density at radius 3 is 2.52 bits per heavy atom. The van der Waals surface area contributed by atoms with Crippen molar-refractivity contribution in [1.82, 2.24) is 14.5 Å². The van der Waals surface area contributed by atoms with Crippen molar-refractivity contribution in [2.75, 3.05) is 20.1 Å². The second-order valence-corrected chi connectivity index (χ2v) is 9.85. The van der Waals surface area contributed by atoms with E-state index in [1.807, 2.05) is 28.8 Å². The van der Waals surface area contributed by atoms with Gasteiger partial charge in [0.25, 0.3) is 5.56 Å². The molecule has 1 aromatic carbocycles. The highest BCUT2D eigenvalue weighted by Crippen LogP contribution is 2.39. The predicted molar refractivity (Wildman–Crippen MR) is 123 cm³/mol. The maximum Gasteiger partial charge on any atom is 0.263 e. The Bertz CT molecular complexity index is 1200. The van der Waals surface area contributed by atoms with Crippen molar-refractivity contribution >= 4 is 32.9 Å². The zero-order valence-corrected chi connectivity index (χ0v) is 18.2. The van der Waals surface area contributed by atoms with Crippen molar-refractivity contribution in [1.29, 1.82) is 0 Å². The zero-order chi connectivity index (χ0) is 20.0. The molecule has 1 aliphatic heterocycles. The number of hydrogen-bond acceptors (Lipinski definition) is 5. The van der Waals surface area contributed by atoms with E-state index in [-0.39, 0.29) is 11.6 Å². The van der Waals surface area contributed by atoms with E-state index in [1.165, 1.54) is 0 Å². The molecule has 0 bridgehead atoms. The summed E-state index contributed by atoms with van der Waals surface area (Å²) in [5.74, 6) is 0.802. The van der Waals surface area contributed by atoms with Crippen LogP contribution in [-0.4, -0.2) is 34.6 Å². The van der Waals surface area contributed by atoms with E-state index >= 15 is 0 Å². The van der Waals surface area contributed by atoms with Crippen LogP contribution in [0.2, 0.25) is 0 Å². The fraction of sp³-hybridized carbons (Fsp3) is 0.304. The Balaban J connectivity index is 1.80. The van der Waals surface area contributed by atoms with Gasteiger partial charge in [-0.15, -0.1) is 22.7 Å². The summed E-state index contributed by atoms with van der Waals surface area (Å²) in [6.07, 6.45) is 1.95. The lowest BCUT2D eigenvalue weighted by Gasteiger charge is -2.31. The summed E-state index contributed by atoms with van der Waals surface area (Å²) < 4.78 is 1.99. The minimum atomic E-state index is 0.108. The monoisotopic (exact) mass is 421 g/mol. The van der Waals surface area contributed by atoms with Gasteiger partial charge in [-0.05, 0) is 51.3 Å². The van der Waals surface area contributed by atoms with Gasteiger partial charge in [0.1, 0.15) is 10.7 Å². The van der Waals surface area contributed by atoms with Crippen molar-refractivity contribution in [3.8, 4) is 21.8 Å². The summed E-state index contributed by atoms with van der Waals surface area (Å²) in [6.45, 7) is 4.11. The summed E-state index contributed by atoms with van der Waals surface area (Å²) in [4.78, 5) is 24.5. The third-order valence-corrected chi connectivity index (χ3v) is 7.67. The Labute approximate surface area is 178 Å². The van der Waals surface area contributed by atoms with E-state index in [1.54, 1.807) is 22.7 Å². The van der Waals surface area contributed by atoms with Crippen LogP contribution >= 0.6 is 22.7 Å². The van der Waals surface area contributed by atoms with E-state index in [4.69, 9.17) is 4.98 Å². The molecular formula is C23H23N3OS2. The summed E-state index contributed by atoms with van der Waals surface area (Å²) in [6, 6.07) is 14.5. The van der Waals surface area contributed by atoms with Gasteiger partial charge in [0.05, 0.1) is 5.39 Å². The highest BCUT2D eigenvalue weighted by Gasteiger charge is 2.26. The number of hydrogen-bond donors (Lipinski definition) is 0. The van der Waals surface area contributed by atoms with Crippen molar-refractivity contribution in [3.63, 3.8) is 0 Å². The van der Waals surface area contributed by atoms with Crippen LogP contribution in [0, 0.1) is 6.92 Å². The maximum absolute atomic E-state index is 14.0. The number of benzene rings is 1. The molecule has 4 heterocycles. The first kappa shape index (κ1) is 18.7. The number of fused-ring (bicyclic) bond motifs is 1. The average Bonchev–Trinajstić information content (AvgIpc) is 3.36. The molecule has 148 valence electrons. The highest BCUT2D eigenvalue weighted by molar-refractivity contribution is 7.20. The topological polar surface area (TPSA) is 38.1 Å². The lowest BCUT2D eigenvalue weighted by molar-refractivity contribution is 0.219. The molecular weight excluding hydrogens is 398 g/mol. The molecule has 1 aliphatic rings. The lowest BCUT2D eigenvalue weighted by atomic mass is 10.0. The number of piperidine rings is 1. The van der Waals surface area contributed by atoms with E-state index in [2.05, 4.69) is 42.5 Å². The van der Waals surface area contributed by atoms with Crippen molar-refractivity contribution in [2.24, 2.45) is 0 Å². The molecule has 4 nitrogen and oxygen atoms in total. The van der Waals surface area contributed by atoms with Crippen LogP contribution in [0.1, 0.15) is 23.8 Å². The Morgan fingerprint density at radius 2 is 1.83 bits per heavy atom. The third kappa shape index (κ3) is 3.25. The summed E-state index contributed by atoms with van der Waals surface area (Å²) in [5.41, 5.74) is 2.18. The van der Waals surface area contributed by atoms with Crippen LogP contribution in [0.3, 0.4) is 0 Å². The number of thiophene rings is 2. The van der Waals surface area contributed by atoms with E-state index in [0.29, 0.717) is 0 Å². The molecule has 1 fully saturated rings. The fourth-order valence-corrected chi connectivity index (χ4v) is 6.20. The Morgan fingerprint density at radius 1 is 1.07 bits per heavy atom. The second kappa shape index (κ2) is 7.52. The van der Waals surface area contributed by atoms with Gasteiger partial charge in [0, 0.05) is 26.9 Å². The average molecular weight is 422 g/mol. The second-order valence-electron chi connectivity index (χ2n) is 7.70. The summed E-state index contributed by atoms with van der Waals surface area (Å²) in [7, 11) is 2.15. The molecule has 0 saturated carbocycles. The number of aryl methyl sites for hydroxylation is 1. The van der Waals surface area contributed by atoms with Crippen LogP contribution in [0.15, 0.2) is 52.6 Å². The first-order chi connectivity index (χ1) is 14.1. The van der Waals surface area contributed by atoms with Crippen LogP contribution in [0.25, 0.3) is 32.0 Å². The fourth-order valence-electron chi connectivity index (χ4n) is 4.27. The van der Waals surface area contributed by atoms with Crippen molar-refractivity contribution in [2.45, 2.75) is 25.8 Å². The smallest absolute Gasteiger partial charge is 0.263 e. The molecule has 0 N–H and O–H groups in total. The number of likely N-dealkylation sites (tertiary alicyclic amines) is 1. The molecule has 0 aliphatic carbocycles. The van der Waals surface area contributed by atoms with Gasteiger partial charge in [-0.3, -0.25) is 9.36 Å². The van der Waals surface area contributed by atoms with E-state index < -0.39 is 0 Å². The van der Waals surface area contributed by atoms with Gasteiger partial charge >= 0.3 is 0 Å². The van der Waals surface area contributed by atoms with Gasteiger partial charge in [-0.25, -0.2) is 4.98 Å². The van der Waals surface area contributed by atoms with E-state index in [0.717, 1.165) is 62.9 Å².